The van der Waals surface area contributed by atoms with Gasteiger partial charge in [0.2, 0.25) is 0 Å². The molecular formula is C13H23N3O2S. The predicted octanol–water partition coefficient (Wildman–Crippen LogP) is 2.75. The van der Waals surface area contributed by atoms with Crippen molar-refractivity contribution in [1.29, 1.82) is 0 Å². The smallest absolute Gasteiger partial charge is 0.410 e. The van der Waals surface area contributed by atoms with Crippen LogP contribution in [0.15, 0.2) is 5.38 Å². The fourth-order valence-electron chi connectivity index (χ4n) is 1.34. The van der Waals surface area contributed by atoms with Crippen molar-refractivity contribution < 1.29 is 9.53 Å². The van der Waals surface area contributed by atoms with Crippen molar-refractivity contribution in [1.82, 2.24) is 9.88 Å². The summed E-state index contributed by atoms with van der Waals surface area (Å²) in [4.78, 5) is 19.8. The lowest BCUT2D eigenvalue weighted by atomic mass is 10.2. The number of carbonyl (C=O) groups is 1. The minimum atomic E-state index is -0.455. The first-order chi connectivity index (χ1) is 8.69. The van der Waals surface area contributed by atoms with E-state index in [-0.39, 0.29) is 6.09 Å². The van der Waals surface area contributed by atoms with E-state index in [0.717, 1.165) is 17.4 Å². The topological polar surface area (TPSA) is 45.7 Å². The Bertz CT molecular complexity index is 426. The quantitative estimate of drug-likeness (QED) is 0.853. The Morgan fingerprint density at radius 3 is 2.47 bits per heavy atom. The largest absolute Gasteiger partial charge is 0.444 e. The molecule has 1 aromatic heterocycles. The van der Waals surface area contributed by atoms with Crippen LogP contribution in [-0.4, -0.2) is 48.8 Å². The van der Waals surface area contributed by atoms with Gasteiger partial charge >= 0.3 is 6.09 Å². The number of carbonyl (C=O) groups excluding carboxylic acids is 1. The molecule has 108 valence electrons. The number of thiazole rings is 1. The van der Waals surface area contributed by atoms with Crippen LogP contribution in [-0.2, 0) is 4.74 Å². The first-order valence-corrected chi connectivity index (χ1v) is 7.14. The highest BCUT2D eigenvalue weighted by Crippen LogP contribution is 2.18. The van der Waals surface area contributed by atoms with E-state index < -0.39 is 5.60 Å². The maximum absolute atomic E-state index is 11.8. The van der Waals surface area contributed by atoms with Gasteiger partial charge in [-0.3, -0.25) is 0 Å². The van der Waals surface area contributed by atoms with Crippen LogP contribution < -0.4 is 4.90 Å². The number of aryl methyl sites for hydroxylation is 1. The van der Waals surface area contributed by atoms with Crippen molar-refractivity contribution >= 4 is 22.6 Å². The zero-order valence-corrected chi connectivity index (χ0v) is 13.4. The minimum absolute atomic E-state index is 0.295. The van der Waals surface area contributed by atoms with Crippen LogP contribution in [0.2, 0.25) is 0 Å². The second-order valence-corrected chi connectivity index (χ2v) is 6.43. The van der Waals surface area contributed by atoms with Gasteiger partial charge in [0.1, 0.15) is 5.60 Å². The van der Waals surface area contributed by atoms with Crippen LogP contribution in [0.1, 0.15) is 26.5 Å². The molecule has 0 aliphatic rings. The van der Waals surface area contributed by atoms with Crippen molar-refractivity contribution in [3.8, 4) is 0 Å². The summed E-state index contributed by atoms with van der Waals surface area (Å²) in [6, 6.07) is 0. The van der Waals surface area contributed by atoms with Gasteiger partial charge in [-0.05, 0) is 27.7 Å². The molecule has 0 spiro atoms. The first kappa shape index (κ1) is 15.8. The molecule has 5 nitrogen and oxygen atoms in total. The van der Waals surface area contributed by atoms with Gasteiger partial charge in [0.25, 0.3) is 0 Å². The number of hydrogen-bond donors (Lipinski definition) is 0. The third kappa shape index (κ3) is 5.46. The SMILES string of the molecule is Cc1csc(N(C)CCN(C)C(=O)OC(C)(C)C)n1. The average Bonchev–Trinajstić information content (AvgIpc) is 2.69. The molecule has 0 bridgehead atoms. The van der Waals surface area contributed by atoms with Crippen molar-refractivity contribution in [2.45, 2.75) is 33.3 Å². The van der Waals surface area contributed by atoms with Gasteiger partial charge in [-0.15, -0.1) is 11.3 Å². The van der Waals surface area contributed by atoms with Crippen molar-refractivity contribution in [2.24, 2.45) is 0 Å². The third-order valence-corrected chi connectivity index (χ3v) is 3.48. The van der Waals surface area contributed by atoms with Gasteiger partial charge < -0.3 is 14.5 Å². The zero-order valence-electron chi connectivity index (χ0n) is 12.6. The molecule has 0 radical (unpaired) electrons. The Hall–Kier alpha value is -1.30. The lowest BCUT2D eigenvalue weighted by Crippen LogP contribution is -2.38. The summed E-state index contributed by atoms with van der Waals surface area (Å²) >= 11 is 1.61. The fraction of sp³-hybridized carbons (Fsp3) is 0.692. The molecule has 1 rings (SSSR count). The van der Waals surface area contributed by atoms with Crippen LogP contribution in [0.4, 0.5) is 9.93 Å². The summed E-state index contributed by atoms with van der Waals surface area (Å²) in [6.45, 7) is 8.89. The molecule has 0 saturated carbocycles. The molecule has 1 amide bonds. The van der Waals surface area contributed by atoms with Gasteiger partial charge in [0, 0.05) is 32.6 Å². The monoisotopic (exact) mass is 285 g/mol. The van der Waals surface area contributed by atoms with E-state index in [9.17, 15) is 4.79 Å². The lowest BCUT2D eigenvalue weighted by molar-refractivity contribution is 0.0303. The van der Waals surface area contributed by atoms with E-state index in [1.165, 1.54) is 0 Å². The Balaban J connectivity index is 2.41. The molecule has 0 N–H and O–H groups in total. The van der Waals surface area contributed by atoms with Crippen LogP contribution in [0, 0.1) is 6.92 Å². The number of nitrogens with zero attached hydrogens (tertiary/aromatic N) is 3. The Kier molecular flexibility index (Phi) is 5.17. The normalized spacial score (nSPS) is 11.3. The summed E-state index contributed by atoms with van der Waals surface area (Å²) in [5.41, 5.74) is 0.566. The highest BCUT2D eigenvalue weighted by molar-refractivity contribution is 7.13. The van der Waals surface area contributed by atoms with E-state index in [1.807, 2.05) is 45.0 Å². The molecule has 0 aliphatic carbocycles. The molecule has 6 heteroatoms. The summed E-state index contributed by atoms with van der Waals surface area (Å²) in [5.74, 6) is 0. The first-order valence-electron chi connectivity index (χ1n) is 6.26. The van der Waals surface area contributed by atoms with E-state index in [1.54, 1.807) is 23.3 Å². The molecule has 1 heterocycles. The van der Waals surface area contributed by atoms with Crippen LogP contribution in [0.3, 0.4) is 0 Å². The van der Waals surface area contributed by atoms with Crippen molar-refractivity contribution in [3.05, 3.63) is 11.1 Å². The van der Waals surface area contributed by atoms with Crippen LogP contribution >= 0.6 is 11.3 Å². The van der Waals surface area contributed by atoms with Gasteiger partial charge in [-0.1, -0.05) is 0 Å². The highest BCUT2D eigenvalue weighted by Gasteiger charge is 2.19. The molecule has 0 saturated heterocycles. The summed E-state index contributed by atoms with van der Waals surface area (Å²) in [7, 11) is 3.72. The van der Waals surface area contributed by atoms with Crippen LogP contribution in [0.25, 0.3) is 0 Å². The van der Waals surface area contributed by atoms with Gasteiger partial charge in [0.15, 0.2) is 5.13 Å². The number of ether oxygens (including phenoxy) is 1. The van der Waals surface area contributed by atoms with E-state index in [4.69, 9.17) is 4.74 Å². The maximum Gasteiger partial charge on any atom is 0.410 e. The average molecular weight is 285 g/mol. The summed E-state index contributed by atoms with van der Waals surface area (Å²) < 4.78 is 5.30. The van der Waals surface area contributed by atoms with E-state index >= 15 is 0 Å². The minimum Gasteiger partial charge on any atom is -0.444 e. The molecule has 0 fully saturated rings. The predicted molar refractivity (Wildman–Crippen MR) is 79.0 cm³/mol. The standard InChI is InChI=1S/C13H23N3O2S/c1-10-9-19-11(14-10)15(5)7-8-16(6)12(17)18-13(2,3)4/h9H,7-8H2,1-6H3. The van der Waals surface area contributed by atoms with Gasteiger partial charge in [-0.25, -0.2) is 9.78 Å². The second-order valence-electron chi connectivity index (χ2n) is 5.59. The molecule has 0 unspecified atom stereocenters. The molecule has 0 aromatic carbocycles. The highest BCUT2D eigenvalue weighted by atomic mass is 32.1. The maximum atomic E-state index is 11.8. The molecule has 0 aliphatic heterocycles. The number of hydrogen-bond acceptors (Lipinski definition) is 5. The fourth-order valence-corrected chi connectivity index (χ4v) is 2.14. The number of rotatable bonds is 4. The Labute approximate surface area is 119 Å². The van der Waals surface area contributed by atoms with Crippen LogP contribution in [0.5, 0.6) is 0 Å². The number of aromatic nitrogens is 1. The number of likely N-dealkylation sites (N-methyl/N-ethyl adjacent to an activating group) is 2. The van der Waals surface area contributed by atoms with Crippen molar-refractivity contribution in [3.63, 3.8) is 0 Å². The number of anilines is 1. The molecular weight excluding hydrogens is 262 g/mol. The zero-order chi connectivity index (χ0) is 14.6. The number of amides is 1. The molecule has 19 heavy (non-hydrogen) atoms. The lowest BCUT2D eigenvalue weighted by Gasteiger charge is -2.26. The Morgan fingerprint density at radius 2 is 2.00 bits per heavy atom. The van der Waals surface area contributed by atoms with Gasteiger partial charge in [-0.2, -0.15) is 0 Å². The van der Waals surface area contributed by atoms with E-state index in [2.05, 4.69) is 4.98 Å². The van der Waals surface area contributed by atoms with E-state index in [0.29, 0.717) is 6.54 Å². The molecule has 1 aromatic rings. The second kappa shape index (κ2) is 6.23. The van der Waals surface area contributed by atoms with Crippen molar-refractivity contribution in [2.75, 3.05) is 32.1 Å². The third-order valence-electron chi connectivity index (χ3n) is 2.41. The molecule has 0 atom stereocenters. The summed E-state index contributed by atoms with van der Waals surface area (Å²) in [6.07, 6.45) is -0.295. The Morgan fingerprint density at radius 1 is 1.37 bits per heavy atom. The van der Waals surface area contributed by atoms with Gasteiger partial charge in [0.05, 0.1) is 5.69 Å². The summed E-state index contributed by atoms with van der Waals surface area (Å²) in [5, 5.41) is 2.98.